The van der Waals surface area contributed by atoms with Crippen LogP contribution in [-0.2, 0) is 0 Å². The van der Waals surface area contributed by atoms with Crippen molar-refractivity contribution in [3.8, 4) is 12.1 Å². The Hall–Kier alpha value is -2.07. The summed E-state index contributed by atoms with van der Waals surface area (Å²) >= 11 is 0. The Morgan fingerprint density at radius 3 is 2.80 bits per heavy atom. The quantitative estimate of drug-likeness (QED) is 0.808. The number of anilines is 1. The van der Waals surface area contributed by atoms with Crippen molar-refractivity contribution >= 4 is 5.82 Å². The molecule has 0 fully saturated rings. The van der Waals surface area contributed by atoms with Gasteiger partial charge < -0.3 is 5.32 Å². The maximum Gasteiger partial charge on any atom is 0.127 e. The lowest BCUT2D eigenvalue weighted by atomic mass is 9.96. The number of nitrogens with zero attached hydrogens (tertiary/aromatic N) is 3. The summed E-state index contributed by atoms with van der Waals surface area (Å²) in [6.07, 6.45) is 1.57. The molecule has 1 N–H and O–H groups in total. The van der Waals surface area contributed by atoms with Crippen LogP contribution in [0.15, 0.2) is 18.3 Å². The summed E-state index contributed by atoms with van der Waals surface area (Å²) in [6, 6.07) is 7.52. The molecule has 4 heteroatoms. The first-order valence-corrected chi connectivity index (χ1v) is 4.59. The van der Waals surface area contributed by atoms with Crippen molar-refractivity contribution < 1.29 is 0 Å². The van der Waals surface area contributed by atoms with E-state index in [2.05, 4.69) is 16.4 Å². The number of rotatable bonds is 3. The molecular weight excluding hydrogens is 188 g/mol. The number of nitrogens with one attached hydrogen (secondary N) is 1. The highest BCUT2D eigenvalue weighted by Gasteiger charge is 2.16. The normalized spacial score (nSPS) is 10.1. The van der Waals surface area contributed by atoms with E-state index >= 15 is 0 Å². The van der Waals surface area contributed by atoms with Crippen molar-refractivity contribution in [3.63, 3.8) is 0 Å². The number of hydrogen-bond donors (Lipinski definition) is 1. The maximum atomic E-state index is 8.81. The average Bonchev–Trinajstić information content (AvgIpc) is 2.27. The van der Waals surface area contributed by atoms with Gasteiger partial charge in [0.25, 0.3) is 0 Å². The topological polar surface area (TPSA) is 72.5 Å². The summed E-state index contributed by atoms with van der Waals surface area (Å²) in [6.45, 7) is 4.19. The predicted octanol–water partition coefficient (Wildman–Crippen LogP) is 1.91. The van der Waals surface area contributed by atoms with Crippen molar-refractivity contribution in [3.05, 3.63) is 23.9 Å². The maximum absolute atomic E-state index is 8.81. The Balaban J connectivity index is 2.67. The van der Waals surface area contributed by atoms with E-state index in [9.17, 15) is 0 Å². The van der Waals surface area contributed by atoms with Gasteiger partial charge in [-0.05, 0) is 26.0 Å². The van der Waals surface area contributed by atoms with Gasteiger partial charge in [0.15, 0.2) is 0 Å². The Kier molecular flexibility index (Phi) is 3.25. The van der Waals surface area contributed by atoms with Crippen LogP contribution in [0.5, 0.6) is 0 Å². The van der Waals surface area contributed by atoms with E-state index in [1.54, 1.807) is 18.3 Å². The van der Waals surface area contributed by atoms with Gasteiger partial charge in [-0.1, -0.05) is 0 Å². The van der Waals surface area contributed by atoms with E-state index in [0.29, 0.717) is 17.9 Å². The zero-order chi connectivity index (χ0) is 11.3. The molecule has 1 rings (SSSR count). The Bertz CT molecular complexity index is 423. The van der Waals surface area contributed by atoms with E-state index < -0.39 is 5.41 Å². The molecule has 0 bridgehead atoms. The van der Waals surface area contributed by atoms with Crippen LogP contribution in [-0.4, -0.2) is 11.5 Å². The lowest BCUT2D eigenvalue weighted by Crippen LogP contribution is -2.21. The Morgan fingerprint density at radius 2 is 2.20 bits per heavy atom. The largest absolute Gasteiger partial charge is 0.368 e. The number of pyridine rings is 1. The lowest BCUT2D eigenvalue weighted by Gasteiger charge is -2.16. The molecule has 0 radical (unpaired) electrons. The van der Waals surface area contributed by atoms with E-state index in [4.69, 9.17) is 10.5 Å². The molecule has 15 heavy (non-hydrogen) atoms. The molecule has 1 aromatic heterocycles. The SMILES string of the molecule is CC(C)(C#N)CNc1cc(C#N)ccn1. The molecule has 0 aromatic carbocycles. The summed E-state index contributed by atoms with van der Waals surface area (Å²) < 4.78 is 0. The van der Waals surface area contributed by atoms with Crippen molar-refractivity contribution in [2.45, 2.75) is 13.8 Å². The highest BCUT2D eigenvalue weighted by atomic mass is 15.0. The van der Waals surface area contributed by atoms with Gasteiger partial charge in [-0.3, -0.25) is 0 Å². The third-order valence-electron chi connectivity index (χ3n) is 1.90. The predicted molar refractivity (Wildman–Crippen MR) is 56.8 cm³/mol. The minimum atomic E-state index is -0.440. The van der Waals surface area contributed by atoms with Crippen LogP contribution in [0.4, 0.5) is 5.82 Å². The highest BCUT2D eigenvalue weighted by molar-refractivity contribution is 5.42. The average molecular weight is 200 g/mol. The second kappa shape index (κ2) is 4.43. The van der Waals surface area contributed by atoms with Gasteiger partial charge in [0.1, 0.15) is 5.82 Å². The summed E-state index contributed by atoms with van der Waals surface area (Å²) in [4.78, 5) is 4.05. The zero-order valence-electron chi connectivity index (χ0n) is 8.78. The van der Waals surface area contributed by atoms with Crippen LogP contribution in [0.25, 0.3) is 0 Å². The number of hydrogen-bond acceptors (Lipinski definition) is 4. The van der Waals surface area contributed by atoms with Crippen LogP contribution in [0.3, 0.4) is 0 Å². The van der Waals surface area contributed by atoms with Gasteiger partial charge in [0.2, 0.25) is 0 Å². The van der Waals surface area contributed by atoms with Crippen LogP contribution >= 0.6 is 0 Å². The van der Waals surface area contributed by atoms with Gasteiger partial charge in [-0.25, -0.2) is 4.98 Å². The van der Waals surface area contributed by atoms with Crippen LogP contribution in [0.2, 0.25) is 0 Å². The van der Waals surface area contributed by atoms with Crippen molar-refractivity contribution in [2.24, 2.45) is 5.41 Å². The molecule has 4 nitrogen and oxygen atoms in total. The first-order chi connectivity index (χ1) is 7.07. The van der Waals surface area contributed by atoms with Gasteiger partial charge in [0, 0.05) is 12.7 Å². The Labute approximate surface area is 89.2 Å². The molecule has 0 spiro atoms. The van der Waals surface area contributed by atoms with E-state index in [-0.39, 0.29) is 0 Å². The smallest absolute Gasteiger partial charge is 0.127 e. The molecular formula is C11H12N4. The first kappa shape index (κ1) is 11.0. The fraction of sp³-hybridized carbons (Fsp3) is 0.364. The van der Waals surface area contributed by atoms with Crippen molar-refractivity contribution in [1.29, 1.82) is 10.5 Å². The molecule has 0 saturated carbocycles. The fourth-order valence-electron chi connectivity index (χ4n) is 0.948. The van der Waals surface area contributed by atoms with Crippen molar-refractivity contribution in [1.82, 2.24) is 4.98 Å². The second-order valence-corrected chi connectivity index (χ2v) is 3.89. The van der Waals surface area contributed by atoms with E-state index in [1.165, 1.54) is 0 Å². The molecule has 0 aliphatic heterocycles. The standard InChI is InChI=1S/C11H12N4/c1-11(2,7-13)8-15-10-5-9(6-12)3-4-14-10/h3-5H,8H2,1-2H3,(H,14,15). The fourth-order valence-corrected chi connectivity index (χ4v) is 0.948. The van der Waals surface area contributed by atoms with Gasteiger partial charge in [-0.15, -0.1) is 0 Å². The molecule has 1 heterocycles. The molecule has 0 amide bonds. The zero-order valence-corrected chi connectivity index (χ0v) is 8.78. The van der Waals surface area contributed by atoms with Gasteiger partial charge in [-0.2, -0.15) is 10.5 Å². The molecule has 1 aromatic rings. The minimum absolute atomic E-state index is 0.440. The summed E-state index contributed by atoms with van der Waals surface area (Å²) in [7, 11) is 0. The van der Waals surface area contributed by atoms with Gasteiger partial charge in [0.05, 0.1) is 23.1 Å². The van der Waals surface area contributed by atoms with E-state index in [0.717, 1.165) is 0 Å². The molecule has 76 valence electrons. The molecule has 0 aliphatic rings. The Morgan fingerprint density at radius 1 is 1.47 bits per heavy atom. The summed E-state index contributed by atoms with van der Waals surface area (Å²) in [5.74, 6) is 0.623. The summed E-state index contributed by atoms with van der Waals surface area (Å²) in [5, 5.41) is 20.5. The number of aromatic nitrogens is 1. The molecule has 0 aliphatic carbocycles. The van der Waals surface area contributed by atoms with Crippen molar-refractivity contribution in [2.75, 3.05) is 11.9 Å². The minimum Gasteiger partial charge on any atom is -0.368 e. The highest BCUT2D eigenvalue weighted by Crippen LogP contribution is 2.14. The van der Waals surface area contributed by atoms with E-state index in [1.807, 2.05) is 19.9 Å². The van der Waals surface area contributed by atoms with Gasteiger partial charge >= 0.3 is 0 Å². The summed E-state index contributed by atoms with van der Waals surface area (Å²) in [5.41, 5.74) is 0.118. The second-order valence-electron chi connectivity index (χ2n) is 3.89. The molecule has 0 atom stereocenters. The monoisotopic (exact) mass is 200 g/mol. The third-order valence-corrected chi connectivity index (χ3v) is 1.90. The van der Waals surface area contributed by atoms with Crippen LogP contribution in [0, 0.1) is 28.1 Å². The van der Waals surface area contributed by atoms with Crippen LogP contribution in [0.1, 0.15) is 19.4 Å². The number of nitriles is 2. The lowest BCUT2D eigenvalue weighted by molar-refractivity contribution is 0.528. The van der Waals surface area contributed by atoms with Crippen LogP contribution < -0.4 is 5.32 Å². The molecule has 0 saturated heterocycles. The third kappa shape index (κ3) is 3.28. The first-order valence-electron chi connectivity index (χ1n) is 4.59. The molecule has 0 unspecified atom stereocenters.